The van der Waals surface area contributed by atoms with E-state index in [2.05, 4.69) is 10.3 Å². The Morgan fingerprint density at radius 1 is 1.62 bits per heavy atom. The van der Waals surface area contributed by atoms with Crippen molar-refractivity contribution in [2.45, 2.75) is 26.8 Å². The van der Waals surface area contributed by atoms with Crippen molar-refractivity contribution in [3.63, 3.8) is 0 Å². The minimum Gasteiger partial charge on any atom is -0.352 e. The van der Waals surface area contributed by atoms with Crippen LogP contribution in [0.15, 0.2) is 18.5 Å². The highest BCUT2D eigenvalue weighted by Gasteiger charge is 1.99. The molecule has 0 aliphatic rings. The number of carbonyl (C=O) groups excluding carboxylic acids is 1. The monoisotopic (exact) mass is 178 g/mol. The van der Waals surface area contributed by atoms with E-state index in [0.717, 1.165) is 11.1 Å². The molecule has 0 unspecified atom stereocenters. The first kappa shape index (κ1) is 9.71. The van der Waals surface area contributed by atoms with Crippen molar-refractivity contribution in [1.82, 2.24) is 10.3 Å². The van der Waals surface area contributed by atoms with Gasteiger partial charge in [0.05, 0.1) is 0 Å². The number of aryl methyl sites for hydroxylation is 1. The molecule has 0 aromatic carbocycles. The largest absolute Gasteiger partial charge is 0.352 e. The van der Waals surface area contributed by atoms with Crippen LogP contribution in [0.3, 0.4) is 0 Å². The SMILES string of the molecule is CCC(=O)NCc1cnccc1C. The van der Waals surface area contributed by atoms with Gasteiger partial charge in [0.15, 0.2) is 0 Å². The molecule has 0 atom stereocenters. The van der Waals surface area contributed by atoms with Crippen LogP contribution in [0.25, 0.3) is 0 Å². The molecule has 1 rings (SSSR count). The number of nitrogens with zero attached hydrogens (tertiary/aromatic N) is 1. The lowest BCUT2D eigenvalue weighted by Crippen LogP contribution is -2.21. The van der Waals surface area contributed by atoms with Crippen LogP contribution in [-0.2, 0) is 11.3 Å². The average molecular weight is 178 g/mol. The molecule has 0 aliphatic carbocycles. The van der Waals surface area contributed by atoms with Crippen molar-refractivity contribution in [3.05, 3.63) is 29.6 Å². The number of pyridine rings is 1. The summed E-state index contributed by atoms with van der Waals surface area (Å²) in [4.78, 5) is 15.0. The van der Waals surface area contributed by atoms with Gasteiger partial charge in [0.2, 0.25) is 5.91 Å². The lowest BCUT2D eigenvalue weighted by Gasteiger charge is -2.05. The van der Waals surface area contributed by atoms with E-state index in [9.17, 15) is 4.79 Å². The normalized spacial score (nSPS) is 9.69. The Hall–Kier alpha value is -1.38. The molecule has 0 spiro atoms. The summed E-state index contributed by atoms with van der Waals surface area (Å²) in [5, 5.41) is 2.81. The summed E-state index contributed by atoms with van der Waals surface area (Å²) in [5.41, 5.74) is 2.23. The van der Waals surface area contributed by atoms with Crippen LogP contribution in [0.4, 0.5) is 0 Å². The summed E-state index contributed by atoms with van der Waals surface area (Å²) < 4.78 is 0. The molecule has 0 fully saturated rings. The minimum absolute atomic E-state index is 0.0725. The van der Waals surface area contributed by atoms with Crippen LogP contribution in [0.1, 0.15) is 24.5 Å². The summed E-state index contributed by atoms with van der Waals surface area (Å²) in [6, 6.07) is 1.94. The molecule has 0 aliphatic heterocycles. The van der Waals surface area contributed by atoms with Crippen LogP contribution in [0.5, 0.6) is 0 Å². The van der Waals surface area contributed by atoms with Gasteiger partial charge in [0, 0.05) is 25.4 Å². The molecule has 3 heteroatoms. The second-order valence-electron chi connectivity index (χ2n) is 2.93. The van der Waals surface area contributed by atoms with E-state index in [4.69, 9.17) is 0 Å². The first-order chi connectivity index (χ1) is 6.24. The van der Waals surface area contributed by atoms with Crippen molar-refractivity contribution in [2.24, 2.45) is 0 Å². The molecule has 0 saturated heterocycles. The Bertz CT molecular complexity index is 297. The summed E-state index contributed by atoms with van der Waals surface area (Å²) in [6.45, 7) is 4.42. The second kappa shape index (κ2) is 4.60. The zero-order valence-corrected chi connectivity index (χ0v) is 8.00. The highest BCUT2D eigenvalue weighted by molar-refractivity contribution is 5.75. The molecule has 1 heterocycles. The predicted octanol–water partition coefficient (Wildman–Crippen LogP) is 1.42. The third-order valence-electron chi connectivity index (χ3n) is 1.94. The third-order valence-corrected chi connectivity index (χ3v) is 1.94. The molecule has 0 saturated carbocycles. The van der Waals surface area contributed by atoms with E-state index < -0.39 is 0 Å². The molecule has 70 valence electrons. The fourth-order valence-corrected chi connectivity index (χ4v) is 1.00. The fraction of sp³-hybridized carbons (Fsp3) is 0.400. The van der Waals surface area contributed by atoms with E-state index >= 15 is 0 Å². The van der Waals surface area contributed by atoms with E-state index in [1.54, 1.807) is 12.4 Å². The van der Waals surface area contributed by atoms with Gasteiger partial charge in [-0.3, -0.25) is 9.78 Å². The van der Waals surface area contributed by atoms with Crippen LogP contribution < -0.4 is 5.32 Å². The molecule has 0 bridgehead atoms. The maximum Gasteiger partial charge on any atom is 0.219 e. The highest BCUT2D eigenvalue weighted by Crippen LogP contribution is 2.03. The van der Waals surface area contributed by atoms with Gasteiger partial charge in [-0.2, -0.15) is 0 Å². The van der Waals surface area contributed by atoms with Crippen molar-refractivity contribution < 1.29 is 4.79 Å². The standard InChI is InChI=1S/C10H14N2O/c1-3-10(13)12-7-9-6-11-5-4-8(9)2/h4-6H,3,7H2,1-2H3,(H,12,13). The maximum atomic E-state index is 11.0. The Morgan fingerprint density at radius 2 is 2.38 bits per heavy atom. The number of carbonyl (C=O) groups is 1. The van der Waals surface area contributed by atoms with Gasteiger partial charge in [-0.1, -0.05) is 6.92 Å². The molecular formula is C10H14N2O. The summed E-state index contributed by atoms with van der Waals surface area (Å²) in [6.07, 6.45) is 4.06. The molecule has 3 nitrogen and oxygen atoms in total. The van der Waals surface area contributed by atoms with Crippen LogP contribution in [-0.4, -0.2) is 10.9 Å². The van der Waals surface area contributed by atoms with Crippen LogP contribution >= 0.6 is 0 Å². The van der Waals surface area contributed by atoms with Crippen molar-refractivity contribution in [1.29, 1.82) is 0 Å². The van der Waals surface area contributed by atoms with Gasteiger partial charge >= 0.3 is 0 Å². The first-order valence-electron chi connectivity index (χ1n) is 4.40. The van der Waals surface area contributed by atoms with Gasteiger partial charge in [-0.15, -0.1) is 0 Å². The van der Waals surface area contributed by atoms with E-state index in [1.807, 2.05) is 19.9 Å². The van der Waals surface area contributed by atoms with Crippen molar-refractivity contribution in [2.75, 3.05) is 0 Å². The third kappa shape index (κ3) is 2.86. The van der Waals surface area contributed by atoms with Gasteiger partial charge in [-0.05, 0) is 24.1 Å². The summed E-state index contributed by atoms with van der Waals surface area (Å²) in [7, 11) is 0. The zero-order valence-electron chi connectivity index (χ0n) is 8.00. The van der Waals surface area contributed by atoms with Crippen LogP contribution in [0.2, 0.25) is 0 Å². The topological polar surface area (TPSA) is 42.0 Å². The Morgan fingerprint density at radius 3 is 3.00 bits per heavy atom. The molecule has 13 heavy (non-hydrogen) atoms. The minimum atomic E-state index is 0.0725. The predicted molar refractivity (Wildman–Crippen MR) is 51.1 cm³/mol. The van der Waals surface area contributed by atoms with Crippen molar-refractivity contribution in [3.8, 4) is 0 Å². The van der Waals surface area contributed by atoms with Gasteiger partial charge in [0.1, 0.15) is 0 Å². The first-order valence-corrected chi connectivity index (χ1v) is 4.40. The zero-order chi connectivity index (χ0) is 9.68. The number of aromatic nitrogens is 1. The summed E-state index contributed by atoms with van der Waals surface area (Å²) >= 11 is 0. The molecule has 1 N–H and O–H groups in total. The molecule has 1 aromatic heterocycles. The van der Waals surface area contributed by atoms with Gasteiger partial charge < -0.3 is 5.32 Å². The van der Waals surface area contributed by atoms with E-state index in [0.29, 0.717) is 13.0 Å². The number of rotatable bonds is 3. The number of amides is 1. The van der Waals surface area contributed by atoms with E-state index in [1.165, 1.54) is 0 Å². The Balaban J connectivity index is 2.54. The number of hydrogen-bond acceptors (Lipinski definition) is 2. The Labute approximate surface area is 78.2 Å². The fourth-order valence-electron chi connectivity index (χ4n) is 1.00. The van der Waals surface area contributed by atoms with Gasteiger partial charge in [-0.25, -0.2) is 0 Å². The summed E-state index contributed by atoms with van der Waals surface area (Å²) in [5.74, 6) is 0.0725. The quantitative estimate of drug-likeness (QED) is 0.760. The lowest BCUT2D eigenvalue weighted by atomic mass is 10.1. The smallest absolute Gasteiger partial charge is 0.219 e. The Kier molecular flexibility index (Phi) is 3.43. The number of hydrogen-bond donors (Lipinski definition) is 1. The molecule has 1 aromatic rings. The average Bonchev–Trinajstić information content (AvgIpc) is 2.16. The highest BCUT2D eigenvalue weighted by atomic mass is 16.1. The van der Waals surface area contributed by atoms with Crippen LogP contribution in [0, 0.1) is 6.92 Å². The van der Waals surface area contributed by atoms with E-state index in [-0.39, 0.29) is 5.91 Å². The molecule has 1 amide bonds. The number of nitrogens with one attached hydrogen (secondary N) is 1. The lowest BCUT2D eigenvalue weighted by molar-refractivity contribution is -0.120. The second-order valence-corrected chi connectivity index (χ2v) is 2.93. The van der Waals surface area contributed by atoms with Crippen molar-refractivity contribution >= 4 is 5.91 Å². The maximum absolute atomic E-state index is 11.0. The molecular weight excluding hydrogens is 164 g/mol. The molecule has 0 radical (unpaired) electrons. The van der Waals surface area contributed by atoms with Gasteiger partial charge in [0.25, 0.3) is 0 Å².